The van der Waals surface area contributed by atoms with Crippen LogP contribution in [0.1, 0.15) is 79.6 Å². The molecule has 124 valence electrons. The molecule has 21 heavy (non-hydrogen) atoms. The summed E-state index contributed by atoms with van der Waals surface area (Å²) in [4.78, 5) is 2.88. The van der Waals surface area contributed by atoms with E-state index < -0.39 is 0 Å². The third-order valence-corrected chi connectivity index (χ3v) is 5.62. The third-order valence-electron chi connectivity index (χ3n) is 5.62. The molecule has 0 heterocycles. The van der Waals surface area contributed by atoms with Crippen LogP contribution in [0.5, 0.6) is 0 Å². The van der Waals surface area contributed by atoms with E-state index in [1.54, 1.807) is 0 Å². The Morgan fingerprint density at radius 1 is 1.00 bits per heavy atom. The summed E-state index contributed by atoms with van der Waals surface area (Å²) in [6.45, 7) is 14.4. The van der Waals surface area contributed by atoms with E-state index in [9.17, 15) is 0 Å². The minimum atomic E-state index is 0.468. The molecule has 3 unspecified atom stereocenters. The lowest BCUT2D eigenvalue weighted by Gasteiger charge is -2.47. The summed E-state index contributed by atoms with van der Waals surface area (Å²) >= 11 is 0. The maximum Gasteiger partial charge on any atom is 0.0255 e. The van der Waals surface area contributed by atoms with E-state index in [0.717, 1.165) is 24.0 Å². The van der Waals surface area contributed by atoms with E-state index in [1.807, 2.05) is 0 Å². The summed E-state index contributed by atoms with van der Waals surface area (Å²) in [5, 5.41) is 3.87. The molecule has 2 aliphatic rings. The Morgan fingerprint density at radius 2 is 1.71 bits per heavy atom. The summed E-state index contributed by atoms with van der Waals surface area (Å²) in [5.74, 6) is 0.889. The van der Waals surface area contributed by atoms with Crippen LogP contribution in [-0.2, 0) is 0 Å². The molecule has 2 fully saturated rings. The van der Waals surface area contributed by atoms with Gasteiger partial charge in [-0.05, 0) is 69.4 Å². The quantitative estimate of drug-likeness (QED) is 0.746. The van der Waals surface area contributed by atoms with Gasteiger partial charge >= 0.3 is 0 Å². The van der Waals surface area contributed by atoms with Gasteiger partial charge < -0.3 is 5.32 Å². The second-order valence-electron chi connectivity index (χ2n) is 8.47. The zero-order chi connectivity index (χ0) is 15.5. The van der Waals surface area contributed by atoms with Crippen LogP contribution >= 0.6 is 0 Å². The van der Waals surface area contributed by atoms with Gasteiger partial charge in [-0.15, -0.1) is 0 Å². The van der Waals surface area contributed by atoms with Gasteiger partial charge in [-0.3, -0.25) is 4.90 Å². The molecule has 2 heteroatoms. The van der Waals surface area contributed by atoms with Gasteiger partial charge in [0.2, 0.25) is 0 Å². The van der Waals surface area contributed by atoms with Crippen molar-refractivity contribution >= 4 is 0 Å². The lowest BCUT2D eigenvalue weighted by atomic mass is 9.69. The van der Waals surface area contributed by atoms with Crippen molar-refractivity contribution in [3.05, 3.63) is 0 Å². The lowest BCUT2D eigenvalue weighted by molar-refractivity contribution is 0.0531. The average Bonchev–Trinajstić information content (AvgIpc) is 3.26. The smallest absolute Gasteiger partial charge is 0.0255 e. The maximum atomic E-state index is 3.87. The Labute approximate surface area is 133 Å². The normalized spacial score (nSPS) is 30.9. The Balaban J connectivity index is 2.07. The van der Waals surface area contributed by atoms with Crippen LogP contribution < -0.4 is 5.32 Å². The monoisotopic (exact) mass is 294 g/mol. The first kappa shape index (κ1) is 17.3. The first-order valence-corrected chi connectivity index (χ1v) is 9.46. The summed E-state index contributed by atoms with van der Waals surface area (Å²) in [5.41, 5.74) is 0.468. The van der Waals surface area contributed by atoms with Crippen LogP contribution in [0, 0.1) is 11.3 Å². The van der Waals surface area contributed by atoms with Crippen molar-refractivity contribution in [2.45, 2.75) is 97.7 Å². The molecule has 0 bridgehead atoms. The van der Waals surface area contributed by atoms with E-state index in [-0.39, 0.29) is 0 Å². The van der Waals surface area contributed by atoms with Crippen molar-refractivity contribution < 1.29 is 0 Å². The zero-order valence-electron chi connectivity index (χ0n) is 15.1. The molecule has 1 N–H and O–H groups in total. The van der Waals surface area contributed by atoms with E-state index in [2.05, 4.69) is 44.8 Å². The minimum Gasteiger partial charge on any atom is -0.312 e. The molecule has 2 aliphatic carbocycles. The number of rotatable bonds is 7. The molecule has 2 rings (SSSR count). The molecule has 0 aromatic rings. The summed E-state index contributed by atoms with van der Waals surface area (Å²) < 4.78 is 0. The van der Waals surface area contributed by atoms with Gasteiger partial charge in [-0.25, -0.2) is 0 Å². The Bertz CT molecular complexity index is 303. The molecule has 0 saturated heterocycles. The van der Waals surface area contributed by atoms with Crippen molar-refractivity contribution in [1.82, 2.24) is 10.2 Å². The second-order valence-corrected chi connectivity index (χ2v) is 8.47. The van der Waals surface area contributed by atoms with Crippen LogP contribution in [0.2, 0.25) is 0 Å². The maximum absolute atomic E-state index is 3.87. The highest BCUT2D eigenvalue weighted by Gasteiger charge is 2.42. The molecular formula is C19H38N2. The third kappa shape index (κ3) is 4.69. The molecule has 2 nitrogen and oxygen atoms in total. The topological polar surface area (TPSA) is 15.3 Å². The first-order chi connectivity index (χ1) is 9.97. The number of nitrogens with zero attached hydrogens (tertiary/aromatic N) is 1. The standard InChI is InChI=1S/C19H38N2/c1-6-12-20-17-11-8-15(19(3,4)5)14-18(17)21(13-7-2)16-9-10-16/h15-18,20H,6-14H2,1-5H3. The summed E-state index contributed by atoms with van der Waals surface area (Å²) in [7, 11) is 0. The van der Waals surface area contributed by atoms with E-state index in [1.165, 1.54) is 58.0 Å². The van der Waals surface area contributed by atoms with Gasteiger partial charge in [-0.2, -0.15) is 0 Å². The van der Waals surface area contributed by atoms with Crippen LogP contribution in [0.15, 0.2) is 0 Å². The lowest BCUT2D eigenvalue weighted by Crippen LogP contribution is -2.55. The van der Waals surface area contributed by atoms with Gasteiger partial charge in [0.25, 0.3) is 0 Å². The van der Waals surface area contributed by atoms with E-state index >= 15 is 0 Å². The first-order valence-electron chi connectivity index (χ1n) is 9.46. The van der Waals surface area contributed by atoms with Crippen molar-refractivity contribution in [3.8, 4) is 0 Å². The highest BCUT2D eigenvalue weighted by Crippen LogP contribution is 2.42. The molecule has 0 aromatic carbocycles. The van der Waals surface area contributed by atoms with Crippen molar-refractivity contribution in [3.63, 3.8) is 0 Å². The number of hydrogen-bond donors (Lipinski definition) is 1. The second kappa shape index (κ2) is 7.46. The van der Waals surface area contributed by atoms with Crippen LogP contribution in [0.4, 0.5) is 0 Å². The number of nitrogens with one attached hydrogen (secondary N) is 1. The molecule has 3 atom stereocenters. The fourth-order valence-electron chi connectivity index (χ4n) is 4.15. The Hall–Kier alpha value is -0.0800. The fraction of sp³-hybridized carbons (Fsp3) is 1.00. The van der Waals surface area contributed by atoms with E-state index in [4.69, 9.17) is 0 Å². The fourth-order valence-corrected chi connectivity index (χ4v) is 4.15. The highest BCUT2D eigenvalue weighted by molar-refractivity contribution is 4.98. The van der Waals surface area contributed by atoms with Crippen molar-refractivity contribution in [2.24, 2.45) is 11.3 Å². The average molecular weight is 295 g/mol. The van der Waals surface area contributed by atoms with Crippen LogP contribution in [0.25, 0.3) is 0 Å². The number of hydrogen-bond acceptors (Lipinski definition) is 2. The molecule has 0 aromatic heterocycles. The molecule has 0 aliphatic heterocycles. The molecular weight excluding hydrogens is 256 g/mol. The van der Waals surface area contributed by atoms with Gasteiger partial charge in [0.05, 0.1) is 0 Å². The molecule has 0 radical (unpaired) electrons. The minimum absolute atomic E-state index is 0.468. The van der Waals surface area contributed by atoms with Crippen molar-refractivity contribution in [1.29, 1.82) is 0 Å². The van der Waals surface area contributed by atoms with E-state index in [0.29, 0.717) is 5.41 Å². The van der Waals surface area contributed by atoms with Crippen LogP contribution in [-0.4, -0.2) is 36.1 Å². The van der Waals surface area contributed by atoms with Gasteiger partial charge in [0.15, 0.2) is 0 Å². The van der Waals surface area contributed by atoms with Gasteiger partial charge in [0.1, 0.15) is 0 Å². The molecule has 0 spiro atoms. The van der Waals surface area contributed by atoms with Crippen LogP contribution in [0.3, 0.4) is 0 Å². The predicted octanol–water partition coefficient (Wildman–Crippen LogP) is 4.44. The Morgan fingerprint density at radius 3 is 2.24 bits per heavy atom. The molecule has 0 amide bonds. The Kier molecular flexibility index (Phi) is 6.14. The van der Waals surface area contributed by atoms with Gasteiger partial charge in [-0.1, -0.05) is 34.6 Å². The SMILES string of the molecule is CCCNC1CCC(C(C)(C)C)CC1N(CCC)C1CC1. The summed E-state index contributed by atoms with van der Waals surface area (Å²) in [6.07, 6.45) is 9.62. The highest BCUT2D eigenvalue weighted by atomic mass is 15.2. The zero-order valence-corrected chi connectivity index (χ0v) is 15.1. The van der Waals surface area contributed by atoms with Crippen molar-refractivity contribution in [2.75, 3.05) is 13.1 Å². The predicted molar refractivity (Wildman–Crippen MR) is 92.7 cm³/mol. The largest absolute Gasteiger partial charge is 0.312 e. The summed E-state index contributed by atoms with van der Waals surface area (Å²) in [6, 6.07) is 2.41. The van der Waals surface area contributed by atoms with Gasteiger partial charge in [0, 0.05) is 18.1 Å². The molecule has 2 saturated carbocycles.